The van der Waals surface area contributed by atoms with Crippen molar-refractivity contribution in [3.63, 3.8) is 0 Å². The largest absolute Gasteiger partial charge is 0.325 e. The van der Waals surface area contributed by atoms with Crippen LogP contribution in [0.25, 0.3) is 0 Å². The van der Waals surface area contributed by atoms with Gasteiger partial charge < -0.3 is 4.57 Å². The zero-order valence-electron chi connectivity index (χ0n) is 6.77. The van der Waals surface area contributed by atoms with E-state index in [1.165, 1.54) is 12.8 Å². The third-order valence-electron chi connectivity index (χ3n) is 1.68. The molecule has 0 aliphatic rings. The second-order valence-electron chi connectivity index (χ2n) is 2.63. The van der Waals surface area contributed by atoms with Gasteiger partial charge in [-0.1, -0.05) is 19.8 Å². The van der Waals surface area contributed by atoms with E-state index in [4.69, 9.17) is 0 Å². The number of aromatic nitrogens is 2. The quantitative estimate of drug-likeness (QED) is 0.687. The fourth-order valence-electron chi connectivity index (χ4n) is 0.982. The Morgan fingerprint density at radius 1 is 1.64 bits per heavy atom. The number of hydrogen-bond donors (Lipinski definition) is 1. The molecular weight excluding hydrogens is 156 g/mol. The van der Waals surface area contributed by atoms with Crippen molar-refractivity contribution in [2.45, 2.75) is 31.6 Å². The summed E-state index contributed by atoms with van der Waals surface area (Å²) in [6.07, 6.45) is 9.13. The third kappa shape index (κ3) is 2.58. The Labute approximate surface area is 73.0 Å². The Morgan fingerprint density at radius 2 is 2.45 bits per heavy atom. The predicted octanol–water partition coefficient (Wildman–Crippen LogP) is 2.50. The average molecular weight is 170 g/mol. The molecule has 0 saturated carbocycles. The fourth-order valence-corrected chi connectivity index (χ4v) is 1.30. The molecule has 0 aliphatic carbocycles. The molecule has 0 spiro atoms. The first-order valence-corrected chi connectivity index (χ1v) is 4.51. The van der Waals surface area contributed by atoms with Crippen LogP contribution in [0, 0.1) is 0 Å². The lowest BCUT2D eigenvalue weighted by Gasteiger charge is -2.10. The molecule has 1 rings (SSSR count). The molecule has 0 aliphatic heterocycles. The van der Waals surface area contributed by atoms with Gasteiger partial charge in [0, 0.05) is 12.4 Å². The molecule has 0 radical (unpaired) electrons. The molecule has 0 saturated heterocycles. The van der Waals surface area contributed by atoms with Crippen molar-refractivity contribution < 1.29 is 0 Å². The van der Waals surface area contributed by atoms with Crippen LogP contribution in [0.3, 0.4) is 0 Å². The normalized spacial score (nSPS) is 13.3. The number of rotatable bonds is 4. The highest BCUT2D eigenvalue weighted by Crippen LogP contribution is 2.17. The van der Waals surface area contributed by atoms with Gasteiger partial charge in [-0.05, 0) is 6.42 Å². The summed E-state index contributed by atoms with van der Waals surface area (Å²) in [5, 5.41) is 0.303. The van der Waals surface area contributed by atoms with Crippen LogP contribution in [0.5, 0.6) is 0 Å². The minimum atomic E-state index is 0.303. The average Bonchev–Trinajstić information content (AvgIpc) is 2.52. The molecule has 11 heavy (non-hydrogen) atoms. The topological polar surface area (TPSA) is 17.8 Å². The van der Waals surface area contributed by atoms with Crippen LogP contribution in [0.4, 0.5) is 0 Å². The summed E-state index contributed by atoms with van der Waals surface area (Å²) >= 11 is 4.44. The van der Waals surface area contributed by atoms with Crippen LogP contribution in [0.2, 0.25) is 0 Å². The third-order valence-corrected chi connectivity index (χ3v) is 2.21. The SMILES string of the molecule is CCCCC(S)n1ccnc1. The molecule has 2 nitrogen and oxygen atoms in total. The van der Waals surface area contributed by atoms with E-state index in [-0.39, 0.29) is 0 Å². The van der Waals surface area contributed by atoms with Crippen molar-refractivity contribution in [2.75, 3.05) is 0 Å². The van der Waals surface area contributed by atoms with Crippen LogP contribution in [0.15, 0.2) is 18.7 Å². The van der Waals surface area contributed by atoms with E-state index in [1.54, 1.807) is 6.20 Å². The lowest BCUT2D eigenvalue weighted by molar-refractivity contribution is 0.590. The summed E-state index contributed by atoms with van der Waals surface area (Å²) in [6, 6.07) is 0. The molecule has 1 atom stereocenters. The van der Waals surface area contributed by atoms with E-state index in [2.05, 4.69) is 24.5 Å². The monoisotopic (exact) mass is 170 g/mol. The number of unbranched alkanes of at least 4 members (excludes halogenated alkanes) is 1. The maximum Gasteiger partial charge on any atom is 0.0955 e. The minimum Gasteiger partial charge on any atom is -0.325 e. The molecule has 0 amide bonds. The molecule has 62 valence electrons. The molecule has 1 unspecified atom stereocenters. The van der Waals surface area contributed by atoms with Crippen molar-refractivity contribution in [3.05, 3.63) is 18.7 Å². The smallest absolute Gasteiger partial charge is 0.0955 e. The fraction of sp³-hybridized carbons (Fsp3) is 0.625. The first-order chi connectivity index (χ1) is 5.34. The Hall–Kier alpha value is -0.440. The summed E-state index contributed by atoms with van der Waals surface area (Å²) in [5.74, 6) is 0. The van der Waals surface area contributed by atoms with Gasteiger partial charge in [0.1, 0.15) is 0 Å². The molecule has 1 heterocycles. The zero-order valence-corrected chi connectivity index (χ0v) is 7.67. The van der Waals surface area contributed by atoms with E-state index in [0.29, 0.717) is 5.37 Å². The van der Waals surface area contributed by atoms with Gasteiger partial charge in [0.05, 0.1) is 11.7 Å². The molecule has 0 aromatic carbocycles. The van der Waals surface area contributed by atoms with Gasteiger partial charge in [-0.3, -0.25) is 0 Å². The van der Waals surface area contributed by atoms with E-state index in [9.17, 15) is 0 Å². The van der Waals surface area contributed by atoms with Crippen LogP contribution >= 0.6 is 12.6 Å². The minimum absolute atomic E-state index is 0.303. The second kappa shape index (κ2) is 4.44. The highest BCUT2D eigenvalue weighted by atomic mass is 32.1. The zero-order chi connectivity index (χ0) is 8.10. The van der Waals surface area contributed by atoms with Crippen molar-refractivity contribution in [3.8, 4) is 0 Å². The number of nitrogens with zero attached hydrogens (tertiary/aromatic N) is 2. The van der Waals surface area contributed by atoms with E-state index >= 15 is 0 Å². The number of hydrogen-bond acceptors (Lipinski definition) is 2. The Morgan fingerprint density at radius 3 is 3.00 bits per heavy atom. The molecule has 0 N–H and O–H groups in total. The molecule has 0 bridgehead atoms. The van der Waals surface area contributed by atoms with Gasteiger partial charge in [0.15, 0.2) is 0 Å². The standard InChI is InChI=1S/C8H14N2S/c1-2-3-4-8(11)10-6-5-9-7-10/h5-8,11H,2-4H2,1H3. The molecule has 1 aromatic heterocycles. The number of thiol groups is 1. The predicted molar refractivity (Wildman–Crippen MR) is 49.8 cm³/mol. The molecule has 3 heteroatoms. The van der Waals surface area contributed by atoms with Gasteiger partial charge in [0.25, 0.3) is 0 Å². The highest BCUT2D eigenvalue weighted by molar-refractivity contribution is 7.80. The van der Waals surface area contributed by atoms with Gasteiger partial charge in [0.2, 0.25) is 0 Å². The molecular formula is C8H14N2S. The Kier molecular flexibility index (Phi) is 3.49. The van der Waals surface area contributed by atoms with Gasteiger partial charge >= 0.3 is 0 Å². The maximum atomic E-state index is 4.44. The summed E-state index contributed by atoms with van der Waals surface area (Å²) < 4.78 is 2.03. The van der Waals surface area contributed by atoms with Crippen molar-refractivity contribution in [1.82, 2.24) is 9.55 Å². The van der Waals surface area contributed by atoms with Gasteiger partial charge in [-0.15, -0.1) is 0 Å². The van der Waals surface area contributed by atoms with E-state index < -0.39 is 0 Å². The summed E-state index contributed by atoms with van der Waals surface area (Å²) in [5.41, 5.74) is 0. The number of imidazole rings is 1. The Bertz CT molecular complexity index is 184. The van der Waals surface area contributed by atoms with Crippen LogP contribution in [-0.2, 0) is 0 Å². The first kappa shape index (κ1) is 8.65. The second-order valence-corrected chi connectivity index (χ2v) is 3.23. The van der Waals surface area contributed by atoms with Crippen molar-refractivity contribution in [1.29, 1.82) is 0 Å². The summed E-state index contributed by atoms with van der Waals surface area (Å²) in [7, 11) is 0. The summed E-state index contributed by atoms with van der Waals surface area (Å²) in [6.45, 7) is 2.19. The van der Waals surface area contributed by atoms with Crippen molar-refractivity contribution in [2.24, 2.45) is 0 Å². The lowest BCUT2D eigenvalue weighted by atomic mass is 10.2. The Balaban J connectivity index is 2.36. The lowest BCUT2D eigenvalue weighted by Crippen LogP contribution is -1.98. The van der Waals surface area contributed by atoms with E-state index in [1.807, 2.05) is 17.1 Å². The van der Waals surface area contributed by atoms with Crippen LogP contribution in [0.1, 0.15) is 31.6 Å². The van der Waals surface area contributed by atoms with E-state index in [0.717, 1.165) is 6.42 Å². The van der Waals surface area contributed by atoms with Crippen LogP contribution in [-0.4, -0.2) is 9.55 Å². The highest BCUT2D eigenvalue weighted by Gasteiger charge is 2.01. The van der Waals surface area contributed by atoms with Gasteiger partial charge in [-0.25, -0.2) is 4.98 Å². The first-order valence-electron chi connectivity index (χ1n) is 4.00. The van der Waals surface area contributed by atoms with Crippen LogP contribution < -0.4 is 0 Å². The molecule has 0 fully saturated rings. The summed E-state index contributed by atoms with van der Waals surface area (Å²) in [4.78, 5) is 3.97. The van der Waals surface area contributed by atoms with Gasteiger partial charge in [-0.2, -0.15) is 12.6 Å². The van der Waals surface area contributed by atoms with Crippen molar-refractivity contribution >= 4 is 12.6 Å². The molecule has 1 aromatic rings. The maximum absolute atomic E-state index is 4.44.